The van der Waals surface area contributed by atoms with E-state index in [1.54, 1.807) is 0 Å². The van der Waals surface area contributed by atoms with Gasteiger partial charge in [-0.05, 0) is 45.2 Å². The van der Waals surface area contributed by atoms with Crippen molar-refractivity contribution >= 4 is 0 Å². The number of β-amino-alcohol motifs (C(OH)–C–C–N with tert-alkyl or cyclic N) is 1. The third-order valence-corrected chi connectivity index (χ3v) is 3.92. The number of hydrogen-bond acceptors (Lipinski definition) is 3. The number of piperidine rings is 1. The summed E-state index contributed by atoms with van der Waals surface area (Å²) in [5, 5.41) is 9.99. The van der Waals surface area contributed by atoms with Crippen LogP contribution in [0.25, 0.3) is 0 Å². The first-order valence-corrected chi connectivity index (χ1v) is 7.01. The third-order valence-electron chi connectivity index (χ3n) is 3.92. The number of terminal acetylenes is 1. The fraction of sp³-hybridized carbons (Fsp3) is 0.867. The average molecular weight is 253 g/mol. The molecule has 1 N–H and O–H groups in total. The highest BCUT2D eigenvalue weighted by molar-refractivity contribution is 5.05. The van der Waals surface area contributed by atoms with Crippen molar-refractivity contribution in [2.45, 2.75) is 51.7 Å². The molecule has 0 aliphatic carbocycles. The molecule has 0 aromatic rings. The zero-order valence-corrected chi connectivity index (χ0v) is 12.0. The Morgan fingerprint density at radius 1 is 1.50 bits per heavy atom. The normalized spacial score (nSPS) is 23.3. The summed E-state index contributed by atoms with van der Waals surface area (Å²) < 4.78 is 5.64. The molecule has 0 unspecified atom stereocenters. The van der Waals surface area contributed by atoms with Crippen LogP contribution < -0.4 is 0 Å². The maximum Gasteiger partial charge on any atom is 0.125 e. The molecular formula is C15H27NO2. The minimum atomic E-state index is -0.544. The Labute approximate surface area is 112 Å². The van der Waals surface area contributed by atoms with Gasteiger partial charge in [-0.2, -0.15) is 0 Å². The Morgan fingerprint density at radius 3 is 2.61 bits per heavy atom. The van der Waals surface area contributed by atoms with E-state index in [4.69, 9.17) is 11.2 Å². The molecule has 0 spiro atoms. The molecule has 3 heteroatoms. The zero-order valence-electron chi connectivity index (χ0n) is 12.0. The van der Waals surface area contributed by atoms with Gasteiger partial charge in [0.1, 0.15) is 5.60 Å². The summed E-state index contributed by atoms with van der Waals surface area (Å²) >= 11 is 0. The average Bonchev–Trinajstić information content (AvgIpc) is 2.39. The lowest BCUT2D eigenvalue weighted by Crippen LogP contribution is -2.41. The molecule has 2 atom stereocenters. The van der Waals surface area contributed by atoms with Gasteiger partial charge in [-0.25, -0.2) is 0 Å². The number of ether oxygens (including phenoxy) is 1. The summed E-state index contributed by atoms with van der Waals surface area (Å²) in [5.74, 6) is 3.46. The molecule has 0 radical (unpaired) electrons. The van der Waals surface area contributed by atoms with Crippen LogP contribution in [0.5, 0.6) is 0 Å². The maximum absolute atomic E-state index is 9.99. The van der Waals surface area contributed by atoms with E-state index in [1.807, 2.05) is 13.8 Å². The van der Waals surface area contributed by atoms with Gasteiger partial charge in [0.2, 0.25) is 0 Å². The third kappa shape index (κ3) is 4.97. The minimum absolute atomic E-state index is 0.320. The summed E-state index contributed by atoms with van der Waals surface area (Å²) in [5.41, 5.74) is -0.544. The van der Waals surface area contributed by atoms with E-state index in [9.17, 15) is 5.11 Å². The molecule has 1 aliphatic heterocycles. The van der Waals surface area contributed by atoms with Gasteiger partial charge in [0.15, 0.2) is 0 Å². The molecule has 1 heterocycles. The van der Waals surface area contributed by atoms with E-state index in [-0.39, 0.29) is 0 Å². The summed E-state index contributed by atoms with van der Waals surface area (Å²) in [6.45, 7) is 9.35. The summed E-state index contributed by atoms with van der Waals surface area (Å²) in [7, 11) is 0. The molecule has 1 saturated heterocycles. The topological polar surface area (TPSA) is 32.7 Å². The fourth-order valence-electron chi connectivity index (χ4n) is 2.12. The Kier molecular flexibility index (Phi) is 6.14. The molecule has 1 aliphatic rings. The standard InChI is InChI=1S/C15H27NO2/c1-5-15(4,6-2)18-12-14(17)11-16-9-7-13(3)8-10-16/h1,13-14,17H,6-12H2,2-4H3/t14-,15-/m0/s1. The molecule has 3 nitrogen and oxygen atoms in total. The van der Waals surface area contributed by atoms with Gasteiger partial charge in [-0.15, -0.1) is 6.42 Å². The molecule has 1 fully saturated rings. The first-order chi connectivity index (χ1) is 8.49. The molecule has 0 saturated carbocycles. The minimum Gasteiger partial charge on any atom is -0.389 e. The van der Waals surface area contributed by atoms with Gasteiger partial charge in [-0.1, -0.05) is 19.8 Å². The van der Waals surface area contributed by atoms with Crippen LogP contribution in [0.1, 0.15) is 40.0 Å². The number of nitrogens with zero attached hydrogens (tertiary/aromatic N) is 1. The van der Waals surface area contributed by atoms with Gasteiger partial charge in [0.05, 0.1) is 12.7 Å². The Bertz CT molecular complexity index is 279. The number of hydrogen-bond donors (Lipinski definition) is 1. The number of aliphatic hydroxyl groups excluding tert-OH is 1. The lowest BCUT2D eigenvalue weighted by molar-refractivity contribution is -0.0489. The second-order valence-electron chi connectivity index (χ2n) is 5.68. The molecule has 1 rings (SSSR count). The van der Waals surface area contributed by atoms with Crippen molar-refractivity contribution in [1.82, 2.24) is 4.90 Å². The summed E-state index contributed by atoms with van der Waals surface area (Å²) in [4.78, 5) is 2.31. The van der Waals surface area contributed by atoms with Gasteiger partial charge in [-0.3, -0.25) is 0 Å². The highest BCUT2D eigenvalue weighted by Gasteiger charge is 2.23. The van der Waals surface area contributed by atoms with Crippen molar-refractivity contribution in [3.8, 4) is 12.3 Å². The molecule has 18 heavy (non-hydrogen) atoms. The molecule has 0 amide bonds. The number of rotatable bonds is 6. The van der Waals surface area contributed by atoms with Crippen LogP contribution in [0.15, 0.2) is 0 Å². The van der Waals surface area contributed by atoms with Crippen LogP contribution in [0.3, 0.4) is 0 Å². The Balaban J connectivity index is 2.25. The summed E-state index contributed by atoms with van der Waals surface area (Å²) in [6, 6.07) is 0. The van der Waals surface area contributed by atoms with E-state index in [1.165, 1.54) is 12.8 Å². The van der Waals surface area contributed by atoms with Gasteiger partial charge >= 0.3 is 0 Å². The lowest BCUT2D eigenvalue weighted by atomic mass is 9.99. The smallest absolute Gasteiger partial charge is 0.125 e. The van der Waals surface area contributed by atoms with Crippen LogP contribution in [0.2, 0.25) is 0 Å². The largest absolute Gasteiger partial charge is 0.389 e. The van der Waals surface area contributed by atoms with E-state index in [0.29, 0.717) is 13.2 Å². The van der Waals surface area contributed by atoms with E-state index < -0.39 is 11.7 Å². The number of aliphatic hydroxyl groups is 1. The van der Waals surface area contributed by atoms with Crippen LogP contribution in [-0.2, 0) is 4.74 Å². The lowest BCUT2D eigenvalue weighted by Gasteiger charge is -2.32. The van der Waals surface area contributed by atoms with Crippen molar-refractivity contribution in [2.24, 2.45) is 5.92 Å². The van der Waals surface area contributed by atoms with Gasteiger partial charge < -0.3 is 14.7 Å². The Hall–Kier alpha value is -0.560. The molecule has 0 aromatic carbocycles. The fourth-order valence-corrected chi connectivity index (χ4v) is 2.12. The quantitative estimate of drug-likeness (QED) is 0.734. The second-order valence-corrected chi connectivity index (χ2v) is 5.68. The zero-order chi connectivity index (χ0) is 13.6. The van der Waals surface area contributed by atoms with Crippen LogP contribution in [0.4, 0.5) is 0 Å². The monoisotopic (exact) mass is 253 g/mol. The second kappa shape index (κ2) is 7.13. The van der Waals surface area contributed by atoms with Crippen molar-refractivity contribution < 1.29 is 9.84 Å². The molecule has 0 bridgehead atoms. The molecule has 0 aromatic heterocycles. The maximum atomic E-state index is 9.99. The Morgan fingerprint density at radius 2 is 2.11 bits per heavy atom. The van der Waals surface area contributed by atoms with Gasteiger partial charge in [0.25, 0.3) is 0 Å². The molecule has 104 valence electrons. The molecular weight excluding hydrogens is 226 g/mol. The predicted octanol–water partition coefficient (Wildman–Crippen LogP) is 1.90. The van der Waals surface area contributed by atoms with Crippen molar-refractivity contribution in [3.63, 3.8) is 0 Å². The predicted molar refractivity (Wildman–Crippen MR) is 74.3 cm³/mol. The first kappa shape index (κ1) is 15.5. The van der Waals surface area contributed by atoms with E-state index >= 15 is 0 Å². The SMILES string of the molecule is C#C[C@@](C)(CC)OC[C@@H](O)CN1CCC(C)CC1. The van der Waals surface area contributed by atoms with E-state index in [0.717, 1.165) is 25.4 Å². The van der Waals surface area contributed by atoms with Crippen LogP contribution in [0, 0.1) is 18.3 Å². The van der Waals surface area contributed by atoms with Crippen molar-refractivity contribution in [1.29, 1.82) is 0 Å². The van der Waals surface area contributed by atoms with Crippen LogP contribution in [-0.4, -0.2) is 48.0 Å². The van der Waals surface area contributed by atoms with Gasteiger partial charge in [0, 0.05) is 6.54 Å². The van der Waals surface area contributed by atoms with Crippen molar-refractivity contribution in [2.75, 3.05) is 26.2 Å². The summed E-state index contributed by atoms with van der Waals surface area (Å²) in [6.07, 6.45) is 8.20. The highest BCUT2D eigenvalue weighted by Crippen LogP contribution is 2.17. The van der Waals surface area contributed by atoms with Crippen LogP contribution >= 0.6 is 0 Å². The van der Waals surface area contributed by atoms with E-state index in [2.05, 4.69) is 17.7 Å². The number of likely N-dealkylation sites (tertiary alicyclic amines) is 1. The first-order valence-electron chi connectivity index (χ1n) is 7.01. The van der Waals surface area contributed by atoms with Crippen molar-refractivity contribution in [3.05, 3.63) is 0 Å². The highest BCUT2D eigenvalue weighted by atomic mass is 16.5.